The van der Waals surface area contributed by atoms with Crippen LogP contribution in [0.25, 0.3) is 0 Å². The summed E-state index contributed by atoms with van der Waals surface area (Å²) in [6.07, 6.45) is 9.95. The Morgan fingerprint density at radius 3 is 1.94 bits per heavy atom. The molecule has 3 heteroatoms. The Morgan fingerprint density at radius 2 is 1.44 bits per heavy atom. The first-order valence-electron chi connectivity index (χ1n) is 6.45. The van der Waals surface area contributed by atoms with E-state index in [0.717, 1.165) is 32.1 Å². The Morgan fingerprint density at radius 1 is 0.938 bits per heavy atom. The number of carbonyl (C=O) groups is 1. The van der Waals surface area contributed by atoms with Gasteiger partial charge in [-0.3, -0.25) is 4.79 Å². The number of carboxylic acid groups (broad SMARTS) is 1. The van der Waals surface area contributed by atoms with Gasteiger partial charge in [0, 0.05) is 0 Å². The molecule has 0 fully saturated rings. The Balaban J connectivity index is 0. The van der Waals surface area contributed by atoms with E-state index in [0.29, 0.717) is 0 Å². The number of hydrogen-bond acceptors (Lipinski definition) is 2. The van der Waals surface area contributed by atoms with E-state index in [4.69, 9.17) is 5.11 Å². The molecule has 0 aliphatic rings. The van der Waals surface area contributed by atoms with Gasteiger partial charge in [0.25, 0.3) is 0 Å². The number of aliphatic carboxylic acids is 1. The third-order valence-electron chi connectivity index (χ3n) is 2.91. The summed E-state index contributed by atoms with van der Waals surface area (Å²) in [5.41, 5.74) is 0. The topological polar surface area (TPSA) is 72.3 Å². The largest absolute Gasteiger partial charge is 0.481 e. The van der Waals surface area contributed by atoms with Gasteiger partial charge in [-0.2, -0.15) is 0 Å². The fourth-order valence-electron chi connectivity index (χ4n) is 1.84. The zero-order chi connectivity index (χ0) is 11.5. The quantitative estimate of drug-likeness (QED) is 0.547. The molecule has 0 radical (unpaired) electrons. The normalized spacial score (nSPS) is 11.9. The first-order valence-corrected chi connectivity index (χ1v) is 6.45. The molecule has 4 N–H and O–H groups in total. The van der Waals surface area contributed by atoms with E-state index in [2.05, 4.69) is 13.8 Å². The molecule has 0 amide bonds. The van der Waals surface area contributed by atoms with Gasteiger partial charge in [-0.05, 0) is 12.8 Å². The molecule has 0 bridgehead atoms. The minimum Gasteiger partial charge on any atom is -0.481 e. The van der Waals surface area contributed by atoms with E-state index in [1.807, 2.05) is 0 Å². The number of hydrogen-bond donors (Lipinski definition) is 2. The number of rotatable bonds is 10. The summed E-state index contributed by atoms with van der Waals surface area (Å²) in [6.45, 7) is 4.31. The molecule has 1 atom stereocenters. The maximum absolute atomic E-state index is 10.9. The highest BCUT2D eigenvalue weighted by atomic mass is 16.4. The molecule has 0 saturated heterocycles. The van der Waals surface area contributed by atoms with E-state index in [1.165, 1.54) is 25.7 Å². The summed E-state index contributed by atoms with van der Waals surface area (Å²) >= 11 is 0. The molecule has 16 heavy (non-hydrogen) atoms. The Bertz CT molecular complexity index is 160. The fraction of sp³-hybridized carbons (Fsp3) is 0.923. The SMILES string of the molecule is CCCCCCCC(CCCC)C(=O)O.N. The summed E-state index contributed by atoms with van der Waals surface area (Å²) in [4.78, 5) is 10.9. The van der Waals surface area contributed by atoms with Gasteiger partial charge in [-0.1, -0.05) is 58.8 Å². The predicted molar refractivity (Wildman–Crippen MR) is 69.0 cm³/mol. The van der Waals surface area contributed by atoms with Crippen molar-refractivity contribution in [3.8, 4) is 0 Å². The average molecular weight is 231 g/mol. The van der Waals surface area contributed by atoms with Crippen LogP contribution in [0.1, 0.15) is 71.6 Å². The van der Waals surface area contributed by atoms with E-state index in [1.54, 1.807) is 0 Å². The van der Waals surface area contributed by atoms with Crippen LogP contribution in [0, 0.1) is 5.92 Å². The Labute approximate surface area is 100 Å². The van der Waals surface area contributed by atoms with Crippen molar-refractivity contribution in [2.24, 2.45) is 5.92 Å². The maximum atomic E-state index is 10.9. The van der Waals surface area contributed by atoms with E-state index in [9.17, 15) is 4.79 Å². The summed E-state index contributed by atoms with van der Waals surface area (Å²) in [6, 6.07) is 0. The summed E-state index contributed by atoms with van der Waals surface area (Å²) < 4.78 is 0. The van der Waals surface area contributed by atoms with Crippen LogP contribution in [-0.4, -0.2) is 11.1 Å². The first-order chi connectivity index (χ1) is 7.22. The van der Waals surface area contributed by atoms with Crippen molar-refractivity contribution >= 4 is 5.97 Å². The van der Waals surface area contributed by atoms with Crippen LogP contribution in [0.5, 0.6) is 0 Å². The van der Waals surface area contributed by atoms with Crippen molar-refractivity contribution in [3.63, 3.8) is 0 Å². The third kappa shape index (κ3) is 9.97. The van der Waals surface area contributed by atoms with Gasteiger partial charge >= 0.3 is 5.97 Å². The molecule has 0 aromatic carbocycles. The first kappa shape index (κ1) is 17.8. The molecule has 0 aliphatic carbocycles. The molecule has 98 valence electrons. The second-order valence-corrected chi connectivity index (χ2v) is 4.38. The molecular formula is C13H29NO2. The van der Waals surface area contributed by atoms with Crippen molar-refractivity contribution in [1.82, 2.24) is 6.15 Å². The van der Waals surface area contributed by atoms with Gasteiger partial charge in [0.2, 0.25) is 0 Å². The lowest BCUT2D eigenvalue weighted by Crippen LogP contribution is -2.13. The van der Waals surface area contributed by atoms with Crippen molar-refractivity contribution < 1.29 is 9.90 Å². The monoisotopic (exact) mass is 231 g/mol. The van der Waals surface area contributed by atoms with Crippen LogP contribution >= 0.6 is 0 Å². The second-order valence-electron chi connectivity index (χ2n) is 4.38. The average Bonchev–Trinajstić information content (AvgIpc) is 2.21. The van der Waals surface area contributed by atoms with Crippen LogP contribution in [-0.2, 0) is 4.79 Å². The van der Waals surface area contributed by atoms with Crippen LogP contribution in [0.2, 0.25) is 0 Å². The lowest BCUT2D eigenvalue weighted by molar-refractivity contribution is -0.142. The zero-order valence-electron chi connectivity index (χ0n) is 11.0. The third-order valence-corrected chi connectivity index (χ3v) is 2.91. The standard InChI is InChI=1S/C13H26O2.H3N/c1-3-5-7-8-9-11-12(13(14)15)10-6-4-2;/h12H,3-11H2,1-2H3,(H,14,15);1H3. The van der Waals surface area contributed by atoms with Crippen LogP contribution < -0.4 is 6.15 Å². The summed E-state index contributed by atoms with van der Waals surface area (Å²) in [7, 11) is 0. The van der Waals surface area contributed by atoms with Gasteiger partial charge in [0.05, 0.1) is 5.92 Å². The maximum Gasteiger partial charge on any atom is 0.306 e. The number of carboxylic acids is 1. The van der Waals surface area contributed by atoms with E-state index in [-0.39, 0.29) is 12.1 Å². The minimum absolute atomic E-state index is 0. The molecule has 0 aromatic heterocycles. The molecule has 0 rings (SSSR count). The molecule has 0 heterocycles. The molecule has 3 nitrogen and oxygen atoms in total. The van der Waals surface area contributed by atoms with Crippen LogP contribution in [0.4, 0.5) is 0 Å². The predicted octanol–water partition coefficient (Wildman–Crippen LogP) is 4.40. The number of unbranched alkanes of at least 4 members (excludes halogenated alkanes) is 5. The Hall–Kier alpha value is -0.570. The molecular weight excluding hydrogens is 202 g/mol. The van der Waals surface area contributed by atoms with Gasteiger partial charge < -0.3 is 11.3 Å². The summed E-state index contributed by atoms with van der Waals surface area (Å²) in [5, 5.41) is 9.00. The van der Waals surface area contributed by atoms with E-state index >= 15 is 0 Å². The van der Waals surface area contributed by atoms with E-state index < -0.39 is 5.97 Å². The van der Waals surface area contributed by atoms with Crippen LogP contribution in [0.3, 0.4) is 0 Å². The lowest BCUT2D eigenvalue weighted by atomic mass is 9.95. The molecule has 0 aromatic rings. The van der Waals surface area contributed by atoms with Crippen LogP contribution in [0.15, 0.2) is 0 Å². The molecule has 0 saturated carbocycles. The zero-order valence-corrected chi connectivity index (χ0v) is 11.0. The molecule has 1 unspecified atom stereocenters. The molecule has 0 aliphatic heterocycles. The van der Waals surface area contributed by atoms with Gasteiger partial charge in [-0.15, -0.1) is 0 Å². The highest BCUT2D eigenvalue weighted by Gasteiger charge is 2.15. The smallest absolute Gasteiger partial charge is 0.306 e. The van der Waals surface area contributed by atoms with Crippen molar-refractivity contribution in [3.05, 3.63) is 0 Å². The van der Waals surface area contributed by atoms with Crippen molar-refractivity contribution in [2.75, 3.05) is 0 Å². The lowest BCUT2D eigenvalue weighted by Gasteiger charge is -2.11. The second kappa shape index (κ2) is 12.5. The fourth-order valence-corrected chi connectivity index (χ4v) is 1.84. The minimum atomic E-state index is -0.598. The highest BCUT2D eigenvalue weighted by Crippen LogP contribution is 2.17. The van der Waals surface area contributed by atoms with Crippen molar-refractivity contribution in [2.45, 2.75) is 71.6 Å². The van der Waals surface area contributed by atoms with Gasteiger partial charge in [0.1, 0.15) is 0 Å². The molecule has 0 spiro atoms. The van der Waals surface area contributed by atoms with Gasteiger partial charge in [0.15, 0.2) is 0 Å². The highest BCUT2D eigenvalue weighted by molar-refractivity contribution is 5.69. The Kier molecular flexibility index (Phi) is 13.9. The van der Waals surface area contributed by atoms with Gasteiger partial charge in [-0.25, -0.2) is 0 Å². The summed E-state index contributed by atoms with van der Waals surface area (Å²) in [5.74, 6) is -0.689. The van der Waals surface area contributed by atoms with Crippen molar-refractivity contribution in [1.29, 1.82) is 0 Å².